The van der Waals surface area contributed by atoms with E-state index in [1.54, 1.807) is 6.92 Å². The number of carbonyl (C=O) groups is 1. The standard InChI is InChI=1S/C11H13O/c1-3-11(9(2)12)10-7-5-4-6-8-10/h5-8,11H,3H2,1-2H3. The van der Waals surface area contributed by atoms with E-state index < -0.39 is 0 Å². The molecule has 1 unspecified atom stereocenters. The minimum atomic E-state index is 0.0691. The van der Waals surface area contributed by atoms with E-state index in [1.807, 2.05) is 31.2 Å². The molecule has 0 aliphatic heterocycles. The van der Waals surface area contributed by atoms with Crippen molar-refractivity contribution < 1.29 is 4.79 Å². The molecule has 1 nitrogen and oxygen atoms in total. The zero-order valence-electron chi connectivity index (χ0n) is 7.50. The summed E-state index contributed by atoms with van der Waals surface area (Å²) in [6.45, 7) is 3.67. The quantitative estimate of drug-likeness (QED) is 0.665. The van der Waals surface area contributed by atoms with Gasteiger partial charge in [-0.05, 0) is 25.0 Å². The van der Waals surface area contributed by atoms with E-state index in [1.165, 1.54) is 0 Å². The van der Waals surface area contributed by atoms with Gasteiger partial charge in [-0.15, -0.1) is 0 Å². The SMILES string of the molecule is CCC(C(C)=O)c1cc[c]cc1. The van der Waals surface area contributed by atoms with Crippen LogP contribution in [-0.2, 0) is 4.79 Å². The molecular weight excluding hydrogens is 148 g/mol. The monoisotopic (exact) mass is 161 g/mol. The average Bonchev–Trinajstić information content (AvgIpc) is 2.07. The summed E-state index contributed by atoms with van der Waals surface area (Å²) in [4.78, 5) is 11.2. The summed E-state index contributed by atoms with van der Waals surface area (Å²) in [6, 6.07) is 10.5. The molecule has 12 heavy (non-hydrogen) atoms. The normalized spacial score (nSPS) is 12.5. The van der Waals surface area contributed by atoms with Crippen LogP contribution in [0.1, 0.15) is 31.7 Å². The van der Waals surface area contributed by atoms with Crippen molar-refractivity contribution in [3.05, 3.63) is 35.9 Å². The molecule has 1 aromatic carbocycles. The minimum Gasteiger partial charge on any atom is -0.299 e. The topological polar surface area (TPSA) is 17.1 Å². The fraction of sp³-hybridized carbons (Fsp3) is 0.364. The van der Waals surface area contributed by atoms with Gasteiger partial charge in [0.1, 0.15) is 5.78 Å². The van der Waals surface area contributed by atoms with Gasteiger partial charge in [0.05, 0.1) is 0 Å². The van der Waals surface area contributed by atoms with Gasteiger partial charge in [-0.2, -0.15) is 0 Å². The third-order valence-electron chi connectivity index (χ3n) is 2.05. The van der Waals surface area contributed by atoms with Gasteiger partial charge < -0.3 is 0 Å². The Kier molecular flexibility index (Phi) is 3.03. The van der Waals surface area contributed by atoms with Crippen LogP contribution in [0.4, 0.5) is 0 Å². The molecular formula is C11H13O. The van der Waals surface area contributed by atoms with E-state index in [9.17, 15) is 4.79 Å². The summed E-state index contributed by atoms with van der Waals surface area (Å²) in [5.74, 6) is 0.309. The maximum Gasteiger partial charge on any atom is 0.137 e. The van der Waals surface area contributed by atoms with Gasteiger partial charge in [-0.25, -0.2) is 0 Å². The Labute approximate surface area is 73.4 Å². The molecule has 0 aliphatic rings. The van der Waals surface area contributed by atoms with E-state index in [4.69, 9.17) is 0 Å². The van der Waals surface area contributed by atoms with Crippen molar-refractivity contribution in [3.63, 3.8) is 0 Å². The highest BCUT2D eigenvalue weighted by atomic mass is 16.1. The molecule has 0 bridgehead atoms. The molecule has 0 amide bonds. The Morgan fingerprint density at radius 2 is 2.08 bits per heavy atom. The van der Waals surface area contributed by atoms with E-state index in [-0.39, 0.29) is 11.7 Å². The summed E-state index contributed by atoms with van der Waals surface area (Å²) in [6.07, 6.45) is 0.874. The number of Topliss-reactive ketones (excluding diaryl/α,β-unsaturated/α-hetero) is 1. The second kappa shape index (κ2) is 4.05. The largest absolute Gasteiger partial charge is 0.299 e. The first kappa shape index (κ1) is 8.98. The van der Waals surface area contributed by atoms with Crippen molar-refractivity contribution in [2.75, 3.05) is 0 Å². The average molecular weight is 161 g/mol. The molecule has 0 aliphatic carbocycles. The first-order valence-corrected chi connectivity index (χ1v) is 4.22. The molecule has 0 spiro atoms. The van der Waals surface area contributed by atoms with Crippen molar-refractivity contribution >= 4 is 5.78 Å². The molecule has 0 heterocycles. The van der Waals surface area contributed by atoms with Gasteiger partial charge in [-0.1, -0.05) is 31.2 Å². The molecule has 0 N–H and O–H groups in total. The lowest BCUT2D eigenvalue weighted by molar-refractivity contribution is -0.118. The van der Waals surface area contributed by atoms with Crippen LogP contribution >= 0.6 is 0 Å². The van der Waals surface area contributed by atoms with Gasteiger partial charge >= 0.3 is 0 Å². The van der Waals surface area contributed by atoms with Crippen LogP contribution in [0.5, 0.6) is 0 Å². The highest BCUT2D eigenvalue weighted by molar-refractivity contribution is 5.83. The first-order chi connectivity index (χ1) is 5.75. The predicted octanol–water partition coefficient (Wildman–Crippen LogP) is 2.57. The molecule has 1 rings (SSSR count). The zero-order chi connectivity index (χ0) is 8.97. The summed E-state index contributed by atoms with van der Waals surface area (Å²) >= 11 is 0. The van der Waals surface area contributed by atoms with Crippen LogP contribution in [0, 0.1) is 6.07 Å². The molecule has 0 saturated carbocycles. The summed E-state index contributed by atoms with van der Waals surface area (Å²) in [5.41, 5.74) is 1.10. The minimum absolute atomic E-state index is 0.0691. The Balaban J connectivity index is 2.88. The number of benzene rings is 1. The maximum absolute atomic E-state index is 11.2. The first-order valence-electron chi connectivity index (χ1n) is 4.22. The van der Waals surface area contributed by atoms with Crippen molar-refractivity contribution in [1.82, 2.24) is 0 Å². The van der Waals surface area contributed by atoms with Crippen LogP contribution < -0.4 is 0 Å². The fourth-order valence-electron chi connectivity index (χ4n) is 1.39. The Morgan fingerprint density at radius 1 is 1.50 bits per heavy atom. The lowest BCUT2D eigenvalue weighted by atomic mass is 9.93. The third-order valence-corrected chi connectivity index (χ3v) is 2.05. The number of ketones is 1. The van der Waals surface area contributed by atoms with Crippen LogP contribution in [-0.4, -0.2) is 5.78 Å². The van der Waals surface area contributed by atoms with E-state index in [0.29, 0.717) is 0 Å². The van der Waals surface area contributed by atoms with Gasteiger partial charge in [0, 0.05) is 5.92 Å². The van der Waals surface area contributed by atoms with Crippen LogP contribution in [0.2, 0.25) is 0 Å². The molecule has 1 atom stereocenters. The van der Waals surface area contributed by atoms with Gasteiger partial charge in [0.25, 0.3) is 0 Å². The highest BCUT2D eigenvalue weighted by Gasteiger charge is 2.12. The summed E-state index contributed by atoms with van der Waals surface area (Å²) in [7, 11) is 0. The smallest absolute Gasteiger partial charge is 0.137 e. The third kappa shape index (κ3) is 1.94. The number of hydrogen-bond acceptors (Lipinski definition) is 1. The lowest BCUT2D eigenvalue weighted by Crippen LogP contribution is -2.06. The van der Waals surface area contributed by atoms with Gasteiger partial charge in [0.2, 0.25) is 0 Å². The van der Waals surface area contributed by atoms with Crippen LogP contribution in [0.3, 0.4) is 0 Å². The van der Waals surface area contributed by atoms with Crippen molar-refractivity contribution in [3.8, 4) is 0 Å². The molecule has 1 radical (unpaired) electrons. The van der Waals surface area contributed by atoms with Crippen molar-refractivity contribution in [2.24, 2.45) is 0 Å². The number of carbonyl (C=O) groups excluding carboxylic acids is 1. The Hall–Kier alpha value is -1.11. The van der Waals surface area contributed by atoms with Gasteiger partial charge in [-0.3, -0.25) is 4.79 Å². The molecule has 1 aromatic rings. The number of rotatable bonds is 3. The zero-order valence-corrected chi connectivity index (χ0v) is 7.50. The molecule has 1 heteroatoms. The van der Waals surface area contributed by atoms with Crippen molar-refractivity contribution in [2.45, 2.75) is 26.2 Å². The molecule has 0 saturated heterocycles. The maximum atomic E-state index is 11.2. The fourth-order valence-corrected chi connectivity index (χ4v) is 1.39. The Bertz CT molecular complexity index is 251. The van der Waals surface area contributed by atoms with E-state index in [0.717, 1.165) is 12.0 Å². The van der Waals surface area contributed by atoms with Crippen molar-refractivity contribution in [1.29, 1.82) is 0 Å². The highest BCUT2D eigenvalue weighted by Crippen LogP contribution is 2.19. The van der Waals surface area contributed by atoms with Crippen LogP contribution in [0.25, 0.3) is 0 Å². The van der Waals surface area contributed by atoms with E-state index >= 15 is 0 Å². The Morgan fingerprint density at radius 3 is 2.50 bits per heavy atom. The summed E-state index contributed by atoms with van der Waals surface area (Å²) < 4.78 is 0. The van der Waals surface area contributed by atoms with Crippen LogP contribution in [0.15, 0.2) is 24.3 Å². The molecule has 63 valence electrons. The lowest BCUT2D eigenvalue weighted by Gasteiger charge is -2.10. The molecule has 0 aromatic heterocycles. The summed E-state index contributed by atoms with van der Waals surface area (Å²) in [5, 5.41) is 0. The predicted molar refractivity (Wildman–Crippen MR) is 49.0 cm³/mol. The van der Waals surface area contributed by atoms with E-state index in [2.05, 4.69) is 6.07 Å². The number of hydrogen-bond donors (Lipinski definition) is 0. The second-order valence-corrected chi connectivity index (χ2v) is 2.90. The second-order valence-electron chi connectivity index (χ2n) is 2.90. The molecule has 0 fully saturated rings. The van der Waals surface area contributed by atoms with Gasteiger partial charge in [0.15, 0.2) is 0 Å².